The van der Waals surface area contributed by atoms with Crippen LogP contribution in [0.25, 0.3) is 0 Å². The Kier molecular flexibility index (Phi) is 6.86. The van der Waals surface area contributed by atoms with Gasteiger partial charge in [-0.2, -0.15) is 5.10 Å². The molecule has 0 aliphatic heterocycles. The van der Waals surface area contributed by atoms with Crippen molar-refractivity contribution in [3.05, 3.63) is 21.6 Å². The van der Waals surface area contributed by atoms with E-state index in [2.05, 4.69) is 39.0 Å². The summed E-state index contributed by atoms with van der Waals surface area (Å²) in [4.78, 5) is 12.1. The van der Waals surface area contributed by atoms with Crippen molar-refractivity contribution in [2.24, 2.45) is 5.92 Å². The fourth-order valence-electron chi connectivity index (χ4n) is 1.57. The molecular formula is C16H29ClN2O3Si. The predicted molar refractivity (Wildman–Crippen MR) is 97.0 cm³/mol. The zero-order chi connectivity index (χ0) is 17.8. The van der Waals surface area contributed by atoms with Gasteiger partial charge in [0.25, 0.3) is 5.56 Å². The van der Waals surface area contributed by atoms with Crippen molar-refractivity contribution < 1.29 is 9.16 Å². The summed E-state index contributed by atoms with van der Waals surface area (Å²) in [6, 6.07) is 1.39. The lowest BCUT2D eigenvalue weighted by Crippen LogP contribution is -2.42. The summed E-state index contributed by atoms with van der Waals surface area (Å²) in [7, 11) is -1.83. The Morgan fingerprint density at radius 2 is 1.96 bits per heavy atom. The van der Waals surface area contributed by atoms with Crippen molar-refractivity contribution in [3.63, 3.8) is 0 Å². The van der Waals surface area contributed by atoms with Gasteiger partial charge in [-0.15, -0.1) is 0 Å². The largest absolute Gasteiger partial charge is 0.490 e. The van der Waals surface area contributed by atoms with E-state index in [1.54, 1.807) is 0 Å². The lowest BCUT2D eigenvalue weighted by Gasteiger charge is -2.36. The minimum Gasteiger partial charge on any atom is -0.490 e. The van der Waals surface area contributed by atoms with E-state index in [1.807, 2.05) is 13.8 Å². The second-order valence-electron chi connectivity index (χ2n) is 7.67. The molecule has 0 saturated heterocycles. The number of hydrogen-bond donors (Lipinski definition) is 0. The first-order valence-corrected chi connectivity index (χ1v) is 11.3. The number of halogens is 1. The summed E-state index contributed by atoms with van der Waals surface area (Å²) in [6.07, 6.45) is 0. The quantitative estimate of drug-likeness (QED) is 0.691. The molecule has 0 amide bonds. The maximum Gasteiger partial charge on any atom is 0.270 e. The highest BCUT2D eigenvalue weighted by Gasteiger charge is 2.36. The number of rotatable bonds is 7. The van der Waals surface area contributed by atoms with E-state index in [4.69, 9.17) is 20.8 Å². The highest BCUT2D eigenvalue weighted by Crippen LogP contribution is 2.36. The van der Waals surface area contributed by atoms with Crippen LogP contribution in [-0.2, 0) is 11.0 Å². The molecule has 1 aromatic rings. The Balaban J connectivity index is 2.72. The second-order valence-corrected chi connectivity index (χ2v) is 12.8. The molecule has 0 aliphatic carbocycles. The summed E-state index contributed by atoms with van der Waals surface area (Å²) < 4.78 is 12.9. The van der Waals surface area contributed by atoms with Crippen molar-refractivity contribution in [1.29, 1.82) is 0 Å². The third kappa shape index (κ3) is 5.93. The first-order chi connectivity index (χ1) is 10.4. The first kappa shape index (κ1) is 20.2. The zero-order valence-corrected chi connectivity index (χ0v) is 17.0. The van der Waals surface area contributed by atoms with Gasteiger partial charge in [-0.1, -0.05) is 46.2 Å². The van der Waals surface area contributed by atoms with Gasteiger partial charge in [-0.05, 0) is 24.1 Å². The van der Waals surface area contributed by atoms with E-state index in [0.29, 0.717) is 31.4 Å². The van der Waals surface area contributed by atoms with Crippen molar-refractivity contribution in [1.82, 2.24) is 9.78 Å². The first-order valence-electron chi connectivity index (χ1n) is 7.98. The molecule has 1 aromatic heterocycles. The van der Waals surface area contributed by atoms with Crippen LogP contribution >= 0.6 is 11.6 Å². The monoisotopic (exact) mass is 360 g/mol. The van der Waals surface area contributed by atoms with Crippen LogP contribution in [-0.4, -0.2) is 31.3 Å². The average Bonchev–Trinajstić information content (AvgIpc) is 2.39. The average molecular weight is 361 g/mol. The van der Waals surface area contributed by atoms with Crippen LogP contribution in [0.4, 0.5) is 0 Å². The van der Waals surface area contributed by atoms with Crippen LogP contribution < -0.4 is 10.3 Å². The molecule has 23 heavy (non-hydrogen) atoms. The molecule has 0 bridgehead atoms. The lowest BCUT2D eigenvalue weighted by molar-refractivity contribution is 0.256. The Morgan fingerprint density at radius 3 is 2.48 bits per heavy atom. The molecule has 1 rings (SSSR count). The van der Waals surface area contributed by atoms with Crippen molar-refractivity contribution >= 4 is 19.9 Å². The van der Waals surface area contributed by atoms with Crippen molar-refractivity contribution in [2.45, 2.75) is 59.3 Å². The summed E-state index contributed by atoms with van der Waals surface area (Å²) >= 11 is 6.10. The molecule has 0 spiro atoms. The van der Waals surface area contributed by atoms with E-state index in [1.165, 1.54) is 10.7 Å². The highest BCUT2D eigenvalue weighted by atomic mass is 35.5. The molecule has 0 aromatic carbocycles. The Labute approximate surface area is 145 Å². The molecule has 0 N–H and O–H groups in total. The molecular weight excluding hydrogens is 332 g/mol. The molecule has 5 nitrogen and oxygen atoms in total. The van der Waals surface area contributed by atoms with Gasteiger partial charge in [0.05, 0.1) is 25.8 Å². The van der Waals surface area contributed by atoms with Crippen molar-refractivity contribution in [2.75, 3.05) is 13.2 Å². The van der Waals surface area contributed by atoms with Gasteiger partial charge in [0, 0.05) is 0 Å². The Bertz CT molecular complexity index is 580. The van der Waals surface area contributed by atoms with Crippen molar-refractivity contribution in [3.8, 4) is 5.75 Å². The number of ether oxygens (including phenoxy) is 1. The summed E-state index contributed by atoms with van der Waals surface area (Å²) in [5.74, 6) is 0.693. The predicted octanol–water partition coefficient (Wildman–Crippen LogP) is 3.95. The second kappa shape index (κ2) is 7.81. The van der Waals surface area contributed by atoms with E-state index in [9.17, 15) is 4.79 Å². The maximum atomic E-state index is 12.1. The SMILES string of the molecule is CC(C)COc1cc(=O)n(CCO[Si](C)(C)C(C)(C)C)nc1Cl. The van der Waals surface area contributed by atoms with Gasteiger partial charge >= 0.3 is 0 Å². The topological polar surface area (TPSA) is 53.4 Å². The fourth-order valence-corrected chi connectivity index (χ4v) is 2.81. The molecule has 7 heteroatoms. The van der Waals surface area contributed by atoms with Crippen LogP contribution in [0, 0.1) is 5.92 Å². The molecule has 0 saturated carbocycles. The molecule has 0 atom stereocenters. The summed E-state index contributed by atoms with van der Waals surface area (Å²) in [6.45, 7) is 16.3. The summed E-state index contributed by atoms with van der Waals surface area (Å²) in [5, 5.41) is 4.45. The van der Waals surface area contributed by atoms with Crippen LogP contribution in [0.1, 0.15) is 34.6 Å². The van der Waals surface area contributed by atoms with Gasteiger partial charge in [-0.3, -0.25) is 4.79 Å². The minimum atomic E-state index is -1.83. The maximum absolute atomic E-state index is 12.1. The molecule has 1 heterocycles. The van der Waals surface area contributed by atoms with E-state index >= 15 is 0 Å². The Hall–Kier alpha value is -0.853. The Morgan fingerprint density at radius 1 is 1.35 bits per heavy atom. The number of aromatic nitrogens is 2. The van der Waals surface area contributed by atoms with Crippen LogP contribution in [0.2, 0.25) is 23.3 Å². The van der Waals surface area contributed by atoms with Crippen LogP contribution in [0.5, 0.6) is 5.75 Å². The zero-order valence-electron chi connectivity index (χ0n) is 15.3. The molecule has 0 fully saturated rings. The van der Waals surface area contributed by atoms with E-state index in [0.717, 1.165) is 0 Å². The fraction of sp³-hybridized carbons (Fsp3) is 0.750. The standard InChI is InChI=1S/C16H29ClN2O3Si/c1-12(2)11-21-13-10-14(20)19(18-15(13)17)8-9-22-23(6,7)16(3,4)5/h10,12H,8-9,11H2,1-7H3. The van der Waals surface area contributed by atoms with Gasteiger partial charge in [-0.25, -0.2) is 4.68 Å². The van der Waals surface area contributed by atoms with Gasteiger partial charge in [0.15, 0.2) is 19.2 Å². The number of hydrogen-bond acceptors (Lipinski definition) is 4. The normalized spacial score (nSPS) is 12.7. The highest BCUT2D eigenvalue weighted by molar-refractivity contribution is 6.74. The van der Waals surface area contributed by atoms with Gasteiger partial charge < -0.3 is 9.16 Å². The summed E-state index contributed by atoms with van der Waals surface area (Å²) in [5.41, 5.74) is -0.230. The third-order valence-electron chi connectivity index (χ3n) is 4.07. The molecule has 0 radical (unpaired) electrons. The smallest absolute Gasteiger partial charge is 0.270 e. The lowest BCUT2D eigenvalue weighted by atomic mass is 10.2. The third-order valence-corrected chi connectivity index (χ3v) is 8.87. The molecule has 0 unspecified atom stereocenters. The van der Waals surface area contributed by atoms with E-state index < -0.39 is 8.32 Å². The minimum absolute atomic E-state index is 0.136. The molecule has 0 aliphatic rings. The molecule has 132 valence electrons. The van der Waals surface area contributed by atoms with E-state index in [-0.39, 0.29) is 15.8 Å². The van der Waals surface area contributed by atoms with Gasteiger partial charge in [0.2, 0.25) is 0 Å². The van der Waals surface area contributed by atoms with Gasteiger partial charge in [0.1, 0.15) is 0 Å². The van der Waals surface area contributed by atoms with Crippen LogP contribution in [0.3, 0.4) is 0 Å². The number of nitrogens with zero attached hydrogens (tertiary/aromatic N) is 2. The van der Waals surface area contributed by atoms with Crippen LogP contribution in [0.15, 0.2) is 10.9 Å².